The zero-order valence-electron chi connectivity index (χ0n) is 24.5. The number of pyridine rings is 1. The maximum atomic E-state index is 13.6. The molecule has 1 fully saturated rings. The molecule has 2 aromatic heterocycles. The predicted octanol–water partition coefficient (Wildman–Crippen LogP) is 4.44. The topological polar surface area (TPSA) is 157 Å². The fraction of sp³-hybridized carbons (Fsp3) is 0.571. The van der Waals surface area contributed by atoms with Crippen molar-refractivity contribution in [1.82, 2.24) is 20.2 Å². The normalized spacial score (nSPS) is 17.0. The average Bonchev–Trinajstić information content (AvgIpc) is 3.53. The van der Waals surface area contributed by atoms with Gasteiger partial charge in [0.05, 0.1) is 23.4 Å². The quantitative estimate of drug-likeness (QED) is 0.232. The minimum absolute atomic E-state index is 0.0573. The highest BCUT2D eigenvalue weighted by atomic mass is 32.1. The second kappa shape index (κ2) is 14.1. The number of nitrogens with one attached hydrogen (secondary N) is 2. The highest BCUT2D eigenvalue weighted by Gasteiger charge is 2.49. The number of hydrogen-bond donors (Lipinski definition) is 3. The number of hydrogen-bond acceptors (Lipinski definition) is 8. The Labute approximate surface area is 251 Å². The molecule has 0 radical (unpaired) electrons. The molecule has 0 aliphatic carbocycles. The molecule has 0 saturated carbocycles. The minimum atomic E-state index is -4.50. The Hall–Kier alpha value is -3.75. The third-order valence-corrected chi connectivity index (χ3v) is 8.52. The van der Waals surface area contributed by atoms with Gasteiger partial charge in [0.15, 0.2) is 5.13 Å². The molecule has 1 aliphatic heterocycles. The third kappa shape index (κ3) is 8.65. The third-order valence-electron chi connectivity index (χ3n) is 7.40. The fourth-order valence-electron chi connectivity index (χ4n) is 4.68. The first-order valence-corrected chi connectivity index (χ1v) is 14.7. The van der Waals surface area contributed by atoms with Gasteiger partial charge in [-0.05, 0) is 57.7 Å². The van der Waals surface area contributed by atoms with Crippen molar-refractivity contribution >= 4 is 40.3 Å². The number of aryl methyl sites for hydroxylation is 1. The summed E-state index contributed by atoms with van der Waals surface area (Å²) < 4.78 is 45.3. The van der Waals surface area contributed by atoms with Crippen LogP contribution in [0.1, 0.15) is 70.2 Å². The van der Waals surface area contributed by atoms with Crippen molar-refractivity contribution < 1.29 is 37.1 Å². The smallest absolute Gasteiger partial charge is 0.399 e. The number of ether oxygens (including phenoxy) is 1. The van der Waals surface area contributed by atoms with Crippen LogP contribution in [0.3, 0.4) is 0 Å². The van der Waals surface area contributed by atoms with E-state index in [0.29, 0.717) is 35.4 Å². The van der Waals surface area contributed by atoms with Gasteiger partial charge >= 0.3 is 18.2 Å². The van der Waals surface area contributed by atoms with E-state index in [1.54, 1.807) is 13.0 Å². The van der Waals surface area contributed by atoms with Crippen molar-refractivity contribution in [3.05, 3.63) is 29.7 Å². The molecule has 0 bridgehead atoms. The molecule has 4 N–H and O–H groups in total. The van der Waals surface area contributed by atoms with Gasteiger partial charge in [0.2, 0.25) is 11.8 Å². The number of primary amides is 1. The number of alkyl halides is 3. The molecular weight excluding hydrogens is 589 g/mol. The summed E-state index contributed by atoms with van der Waals surface area (Å²) >= 11 is 1.07. The number of anilines is 1. The first-order valence-electron chi connectivity index (χ1n) is 13.9. The van der Waals surface area contributed by atoms with Crippen LogP contribution in [-0.4, -0.2) is 70.6 Å². The van der Waals surface area contributed by atoms with Crippen LogP contribution in [0.5, 0.6) is 0 Å². The number of aromatic nitrogens is 2. The lowest BCUT2D eigenvalue weighted by atomic mass is 9.87. The summed E-state index contributed by atoms with van der Waals surface area (Å²) in [5.74, 6) is -1.20. The van der Waals surface area contributed by atoms with E-state index in [4.69, 9.17) is 5.73 Å². The number of amides is 4. The van der Waals surface area contributed by atoms with E-state index in [0.717, 1.165) is 38.0 Å². The zero-order valence-corrected chi connectivity index (χ0v) is 25.4. The van der Waals surface area contributed by atoms with Gasteiger partial charge < -0.3 is 20.7 Å². The van der Waals surface area contributed by atoms with Crippen LogP contribution in [0.25, 0.3) is 10.4 Å². The number of halogens is 3. The average molecular weight is 627 g/mol. The molecule has 43 heavy (non-hydrogen) atoms. The molecule has 1 aliphatic rings. The van der Waals surface area contributed by atoms with Gasteiger partial charge in [-0.3, -0.25) is 24.7 Å². The lowest BCUT2D eigenvalue weighted by molar-refractivity contribution is -0.181. The highest BCUT2D eigenvalue weighted by Crippen LogP contribution is 2.41. The molecule has 3 heterocycles. The van der Waals surface area contributed by atoms with E-state index in [1.165, 1.54) is 24.3 Å². The number of esters is 1. The Kier molecular flexibility index (Phi) is 11.1. The van der Waals surface area contributed by atoms with Gasteiger partial charge in [0.25, 0.3) is 0 Å². The van der Waals surface area contributed by atoms with Gasteiger partial charge in [-0.15, -0.1) is 0 Å². The fourth-order valence-corrected chi connectivity index (χ4v) is 5.64. The molecule has 0 unspecified atom stereocenters. The van der Waals surface area contributed by atoms with Crippen LogP contribution in [0.2, 0.25) is 0 Å². The van der Waals surface area contributed by atoms with Crippen molar-refractivity contribution in [2.24, 2.45) is 5.73 Å². The van der Waals surface area contributed by atoms with E-state index in [-0.39, 0.29) is 42.1 Å². The molecular formula is C28H37F3N6O5S. The molecule has 0 aromatic carbocycles. The van der Waals surface area contributed by atoms with Crippen LogP contribution < -0.4 is 16.4 Å². The summed E-state index contributed by atoms with van der Waals surface area (Å²) in [6.45, 7) is 3.84. The summed E-state index contributed by atoms with van der Waals surface area (Å²) in [6.07, 6.45) is 0.421. The molecule has 236 valence electrons. The Balaban J connectivity index is 1.60. The van der Waals surface area contributed by atoms with Crippen LogP contribution in [0.4, 0.5) is 23.1 Å². The number of likely N-dealkylation sites (tertiary alicyclic amines) is 1. The molecule has 0 spiro atoms. The van der Waals surface area contributed by atoms with Gasteiger partial charge in [-0.25, -0.2) is 9.78 Å². The maximum absolute atomic E-state index is 13.6. The molecule has 4 amide bonds. The van der Waals surface area contributed by atoms with Gasteiger partial charge in [-0.2, -0.15) is 13.2 Å². The molecule has 1 saturated heterocycles. The number of rotatable bonds is 12. The highest BCUT2D eigenvalue weighted by molar-refractivity contribution is 7.19. The van der Waals surface area contributed by atoms with Gasteiger partial charge in [0, 0.05) is 31.6 Å². The second-order valence-electron chi connectivity index (χ2n) is 11.0. The van der Waals surface area contributed by atoms with Crippen molar-refractivity contribution in [3.8, 4) is 10.4 Å². The molecule has 11 nitrogen and oxygen atoms in total. The number of nitrogens with two attached hydrogens (primary N) is 1. The van der Waals surface area contributed by atoms with E-state index in [9.17, 15) is 32.3 Å². The first kappa shape index (κ1) is 33.7. The Morgan fingerprint density at radius 1 is 1.14 bits per heavy atom. The number of carbonyl (C=O) groups excluding carboxylic acids is 4. The van der Waals surface area contributed by atoms with E-state index >= 15 is 0 Å². The number of carbonyl (C=O) groups is 4. The lowest BCUT2D eigenvalue weighted by Crippen LogP contribution is -2.46. The Morgan fingerprint density at radius 2 is 1.81 bits per heavy atom. The number of methoxy groups -OCH3 is 1. The summed E-state index contributed by atoms with van der Waals surface area (Å²) in [5.41, 5.74) is 4.19. The van der Waals surface area contributed by atoms with Crippen molar-refractivity contribution in [2.45, 2.75) is 89.4 Å². The van der Waals surface area contributed by atoms with E-state index in [2.05, 4.69) is 25.3 Å². The number of unbranched alkanes of at least 4 members (excludes halogenated alkanes) is 3. The Morgan fingerprint density at radius 3 is 2.44 bits per heavy atom. The molecule has 2 atom stereocenters. The van der Waals surface area contributed by atoms with Crippen molar-refractivity contribution in [2.75, 3.05) is 19.0 Å². The molecule has 15 heteroatoms. The van der Waals surface area contributed by atoms with Crippen molar-refractivity contribution in [3.63, 3.8) is 0 Å². The standard InChI is InChI=1S/C28H37F3N6O5S/c1-16-23(17-11-12-33-20(13-17)27(2,3)28(29,30)31)43-25(34-16)36-26(41)37-15-18(14-19(37)24(32)40)35-21(38)9-7-5-6-8-10-22(39)42-4/h11-13,18-19H,5-10,14-15H2,1-4H3,(H2,32,40)(H,35,38)(H,34,36,41)/t18-,19+/m1/s1. The number of nitrogens with zero attached hydrogens (tertiary/aromatic N) is 3. The van der Waals surface area contributed by atoms with Crippen LogP contribution in [0.15, 0.2) is 18.3 Å². The predicted molar refractivity (Wildman–Crippen MR) is 154 cm³/mol. The second-order valence-corrected chi connectivity index (χ2v) is 12.0. The van der Waals surface area contributed by atoms with E-state index in [1.807, 2.05) is 0 Å². The van der Waals surface area contributed by atoms with Crippen LogP contribution >= 0.6 is 11.3 Å². The number of urea groups is 1. The SMILES string of the molecule is COC(=O)CCCCCCC(=O)N[C@@H]1C[C@@H](C(N)=O)N(C(=O)Nc2nc(C)c(-c3ccnc(C(C)(C)C(F)(F)F)c3)s2)C1. The lowest BCUT2D eigenvalue weighted by Gasteiger charge is -2.27. The Bertz CT molecular complexity index is 1330. The summed E-state index contributed by atoms with van der Waals surface area (Å²) in [7, 11) is 1.34. The maximum Gasteiger partial charge on any atom is 0.399 e. The van der Waals surface area contributed by atoms with E-state index < -0.39 is 35.6 Å². The summed E-state index contributed by atoms with van der Waals surface area (Å²) in [6, 6.07) is 0.868. The molecule has 2 aromatic rings. The van der Waals surface area contributed by atoms with Crippen LogP contribution in [-0.2, 0) is 24.5 Å². The molecule has 3 rings (SSSR count). The largest absolute Gasteiger partial charge is 0.469 e. The van der Waals surface area contributed by atoms with Crippen molar-refractivity contribution in [1.29, 1.82) is 0 Å². The van der Waals surface area contributed by atoms with Gasteiger partial charge in [-0.1, -0.05) is 24.2 Å². The zero-order chi connectivity index (χ0) is 31.9. The first-order chi connectivity index (χ1) is 20.1. The summed E-state index contributed by atoms with van der Waals surface area (Å²) in [4.78, 5) is 59.0. The number of thiazole rings is 1. The monoisotopic (exact) mass is 626 g/mol. The van der Waals surface area contributed by atoms with Crippen LogP contribution in [0, 0.1) is 6.92 Å². The summed E-state index contributed by atoms with van der Waals surface area (Å²) in [5, 5.41) is 5.69. The van der Waals surface area contributed by atoms with Gasteiger partial charge in [0.1, 0.15) is 11.5 Å². The minimum Gasteiger partial charge on any atom is -0.469 e.